The van der Waals surface area contributed by atoms with E-state index in [0.717, 1.165) is 24.0 Å². The minimum atomic E-state index is -0.0103. The maximum Gasteiger partial charge on any atom is 0.142 e. The predicted octanol–water partition coefficient (Wildman–Crippen LogP) is 4.45. The molecule has 0 saturated carbocycles. The molecule has 0 bridgehead atoms. The summed E-state index contributed by atoms with van der Waals surface area (Å²) in [5, 5.41) is 0. The number of ether oxygens (including phenoxy) is 4. The summed E-state index contributed by atoms with van der Waals surface area (Å²) in [4.78, 5) is 0. The van der Waals surface area contributed by atoms with Crippen molar-refractivity contribution in [2.45, 2.75) is 32.6 Å². The molecule has 0 aliphatic carbocycles. The minimum absolute atomic E-state index is 0.0103. The molecule has 2 aromatic carbocycles. The molecule has 0 atom stereocenters. The lowest BCUT2D eigenvalue weighted by atomic mass is 9.77. The van der Waals surface area contributed by atoms with Gasteiger partial charge in [0.05, 0.1) is 39.8 Å². The fraction of sp³-hybridized carbons (Fsp3) is 0.455. The van der Waals surface area contributed by atoms with E-state index in [1.165, 1.54) is 0 Å². The SMILES string of the molecule is CCC(CC)C(c1cc(OC)c(N)cc1OC)c1cc(OC)c(N)cc1OC. The van der Waals surface area contributed by atoms with Crippen LogP contribution in [0.15, 0.2) is 24.3 Å². The van der Waals surface area contributed by atoms with Crippen molar-refractivity contribution in [3.8, 4) is 23.0 Å². The number of anilines is 2. The zero-order valence-corrected chi connectivity index (χ0v) is 17.7. The third-order valence-corrected chi connectivity index (χ3v) is 5.35. The Bertz CT molecular complexity index is 742. The first-order valence-electron chi connectivity index (χ1n) is 9.48. The van der Waals surface area contributed by atoms with Gasteiger partial charge in [-0.2, -0.15) is 0 Å². The Morgan fingerprint density at radius 3 is 1.29 bits per heavy atom. The third kappa shape index (κ3) is 4.06. The van der Waals surface area contributed by atoms with E-state index < -0.39 is 0 Å². The van der Waals surface area contributed by atoms with Crippen molar-refractivity contribution in [2.75, 3.05) is 39.9 Å². The summed E-state index contributed by atoms with van der Waals surface area (Å²) in [6.07, 6.45) is 1.96. The van der Waals surface area contributed by atoms with Crippen LogP contribution in [0.5, 0.6) is 23.0 Å². The Morgan fingerprint density at radius 1 is 0.643 bits per heavy atom. The highest BCUT2D eigenvalue weighted by atomic mass is 16.5. The summed E-state index contributed by atoms with van der Waals surface area (Å²) < 4.78 is 22.3. The van der Waals surface area contributed by atoms with Crippen LogP contribution >= 0.6 is 0 Å². The average Bonchev–Trinajstić information content (AvgIpc) is 2.71. The molecule has 0 heterocycles. The molecular formula is C22H32N2O4. The molecule has 0 unspecified atom stereocenters. The highest BCUT2D eigenvalue weighted by Gasteiger charge is 2.30. The minimum Gasteiger partial charge on any atom is -0.496 e. The van der Waals surface area contributed by atoms with Gasteiger partial charge in [-0.15, -0.1) is 0 Å². The van der Waals surface area contributed by atoms with Crippen LogP contribution in [0.1, 0.15) is 43.7 Å². The van der Waals surface area contributed by atoms with Crippen LogP contribution in [0.25, 0.3) is 0 Å². The van der Waals surface area contributed by atoms with Gasteiger partial charge in [-0.25, -0.2) is 0 Å². The van der Waals surface area contributed by atoms with E-state index in [0.29, 0.717) is 40.3 Å². The van der Waals surface area contributed by atoms with Gasteiger partial charge in [0.15, 0.2) is 0 Å². The summed E-state index contributed by atoms with van der Waals surface area (Å²) >= 11 is 0. The van der Waals surface area contributed by atoms with Gasteiger partial charge in [-0.3, -0.25) is 0 Å². The first-order valence-corrected chi connectivity index (χ1v) is 9.48. The van der Waals surface area contributed by atoms with Gasteiger partial charge < -0.3 is 30.4 Å². The molecule has 2 rings (SSSR count). The van der Waals surface area contributed by atoms with Crippen LogP contribution in [-0.4, -0.2) is 28.4 Å². The van der Waals surface area contributed by atoms with Crippen molar-refractivity contribution in [2.24, 2.45) is 5.92 Å². The lowest BCUT2D eigenvalue weighted by Crippen LogP contribution is -2.16. The van der Waals surface area contributed by atoms with E-state index in [2.05, 4.69) is 13.8 Å². The molecule has 0 aliphatic rings. The van der Waals surface area contributed by atoms with Crippen LogP contribution in [0, 0.1) is 5.92 Å². The summed E-state index contributed by atoms with van der Waals surface area (Å²) in [5.74, 6) is 3.00. The Labute approximate surface area is 167 Å². The molecule has 6 heteroatoms. The van der Waals surface area contributed by atoms with Crippen molar-refractivity contribution >= 4 is 11.4 Å². The van der Waals surface area contributed by atoms with Gasteiger partial charge in [0.25, 0.3) is 0 Å². The number of rotatable bonds is 9. The molecular weight excluding hydrogens is 356 g/mol. The molecule has 0 spiro atoms. The molecule has 0 fully saturated rings. The Hall–Kier alpha value is -2.76. The smallest absolute Gasteiger partial charge is 0.142 e. The van der Waals surface area contributed by atoms with Gasteiger partial charge in [0.1, 0.15) is 23.0 Å². The molecule has 6 nitrogen and oxygen atoms in total. The molecule has 28 heavy (non-hydrogen) atoms. The van der Waals surface area contributed by atoms with Crippen molar-refractivity contribution in [3.05, 3.63) is 35.4 Å². The highest BCUT2D eigenvalue weighted by molar-refractivity contribution is 5.65. The molecule has 0 aliphatic heterocycles. The fourth-order valence-electron chi connectivity index (χ4n) is 3.81. The average molecular weight is 389 g/mol. The molecule has 154 valence electrons. The molecule has 0 radical (unpaired) electrons. The second-order valence-corrected chi connectivity index (χ2v) is 6.73. The predicted molar refractivity (Wildman–Crippen MR) is 114 cm³/mol. The van der Waals surface area contributed by atoms with Crippen LogP contribution in [0.3, 0.4) is 0 Å². The maximum absolute atomic E-state index is 6.11. The van der Waals surface area contributed by atoms with Gasteiger partial charge >= 0.3 is 0 Å². The number of hydrogen-bond acceptors (Lipinski definition) is 6. The van der Waals surface area contributed by atoms with Gasteiger partial charge in [0.2, 0.25) is 0 Å². The van der Waals surface area contributed by atoms with Crippen molar-refractivity contribution < 1.29 is 18.9 Å². The normalized spacial score (nSPS) is 11.0. The monoisotopic (exact) mass is 388 g/mol. The zero-order chi connectivity index (χ0) is 20.8. The molecule has 4 N–H and O–H groups in total. The number of nitrogen functional groups attached to an aromatic ring is 2. The van der Waals surface area contributed by atoms with Gasteiger partial charge in [-0.05, 0) is 18.1 Å². The van der Waals surface area contributed by atoms with Crippen molar-refractivity contribution in [1.82, 2.24) is 0 Å². The van der Waals surface area contributed by atoms with Crippen LogP contribution in [-0.2, 0) is 0 Å². The van der Waals surface area contributed by atoms with Crippen LogP contribution < -0.4 is 30.4 Å². The quantitative estimate of drug-likeness (QED) is 0.617. The molecule has 0 amide bonds. The molecule has 0 aromatic heterocycles. The molecule has 0 saturated heterocycles. The summed E-state index contributed by atoms with van der Waals surface area (Å²) in [6.45, 7) is 4.37. The van der Waals surface area contributed by atoms with Gasteiger partial charge in [0, 0.05) is 29.2 Å². The second kappa shape index (κ2) is 9.44. The van der Waals surface area contributed by atoms with E-state index in [1.54, 1.807) is 28.4 Å². The van der Waals surface area contributed by atoms with Crippen LogP contribution in [0.2, 0.25) is 0 Å². The largest absolute Gasteiger partial charge is 0.496 e. The lowest BCUT2D eigenvalue weighted by molar-refractivity contribution is 0.365. The maximum atomic E-state index is 6.11. The van der Waals surface area contributed by atoms with Crippen molar-refractivity contribution in [3.63, 3.8) is 0 Å². The van der Waals surface area contributed by atoms with E-state index in [4.69, 9.17) is 30.4 Å². The topological polar surface area (TPSA) is 89.0 Å². The number of nitrogens with two attached hydrogens (primary N) is 2. The zero-order valence-electron chi connectivity index (χ0n) is 17.7. The van der Waals surface area contributed by atoms with E-state index in [-0.39, 0.29) is 5.92 Å². The van der Waals surface area contributed by atoms with Crippen LogP contribution in [0.4, 0.5) is 11.4 Å². The molecule has 2 aromatic rings. The van der Waals surface area contributed by atoms with Crippen molar-refractivity contribution in [1.29, 1.82) is 0 Å². The highest BCUT2D eigenvalue weighted by Crippen LogP contribution is 2.47. The fourth-order valence-corrected chi connectivity index (χ4v) is 3.81. The first kappa shape index (κ1) is 21.5. The lowest BCUT2D eigenvalue weighted by Gasteiger charge is -2.30. The summed E-state index contributed by atoms with van der Waals surface area (Å²) in [6, 6.07) is 7.54. The van der Waals surface area contributed by atoms with Gasteiger partial charge in [-0.1, -0.05) is 26.7 Å². The van der Waals surface area contributed by atoms with E-state index in [9.17, 15) is 0 Å². The summed E-state index contributed by atoms with van der Waals surface area (Å²) in [7, 11) is 6.52. The summed E-state index contributed by atoms with van der Waals surface area (Å²) in [5.41, 5.74) is 15.3. The second-order valence-electron chi connectivity index (χ2n) is 6.73. The van der Waals surface area contributed by atoms with E-state index >= 15 is 0 Å². The first-order chi connectivity index (χ1) is 13.4. The Morgan fingerprint density at radius 2 is 1.00 bits per heavy atom. The third-order valence-electron chi connectivity index (χ3n) is 5.35. The standard InChI is InChI=1S/C22H32N2O4/c1-7-13(8-2)22(14-9-20(27-5)16(23)11-18(14)25-3)15-10-21(28-6)17(24)12-19(15)26-4/h9-13,22H,7-8,23-24H2,1-6H3. The Balaban J connectivity index is 2.82. The number of methoxy groups -OCH3 is 4. The number of hydrogen-bond donors (Lipinski definition) is 2. The van der Waals surface area contributed by atoms with E-state index in [1.807, 2.05) is 24.3 Å². The number of benzene rings is 2. The Kier molecular flexibility index (Phi) is 7.26.